The zero-order valence-corrected chi connectivity index (χ0v) is 8.66. The lowest BCUT2D eigenvalue weighted by Crippen LogP contribution is -2.50. The highest BCUT2D eigenvalue weighted by atomic mass is 16.3. The van der Waals surface area contributed by atoms with Crippen LogP contribution in [0.15, 0.2) is 0 Å². The molecule has 3 nitrogen and oxygen atoms in total. The summed E-state index contributed by atoms with van der Waals surface area (Å²) < 4.78 is 0. The number of carbonyl (C=O) groups is 1. The third-order valence-electron chi connectivity index (χ3n) is 2.81. The molecule has 1 aliphatic rings. The summed E-state index contributed by atoms with van der Waals surface area (Å²) in [5.41, 5.74) is 0. The van der Waals surface area contributed by atoms with E-state index in [-0.39, 0.29) is 18.0 Å². The van der Waals surface area contributed by atoms with Crippen molar-refractivity contribution in [3.63, 3.8) is 0 Å². The van der Waals surface area contributed by atoms with E-state index in [2.05, 4.69) is 13.8 Å². The highest BCUT2D eigenvalue weighted by Crippen LogP contribution is 2.22. The van der Waals surface area contributed by atoms with Crippen LogP contribution in [-0.2, 0) is 4.79 Å². The summed E-state index contributed by atoms with van der Waals surface area (Å²) in [5.74, 6) is -0.125. The second kappa shape index (κ2) is 4.09. The number of aliphatic hydroxyl groups excluding tert-OH is 1. The van der Waals surface area contributed by atoms with Crippen molar-refractivity contribution < 1.29 is 9.90 Å². The van der Waals surface area contributed by atoms with E-state index in [1.54, 1.807) is 0 Å². The van der Waals surface area contributed by atoms with Gasteiger partial charge in [0.2, 0.25) is 0 Å². The number of hydrogen-bond donors (Lipinski definition) is 1. The molecule has 3 atom stereocenters. The minimum atomic E-state index is -0.858. The summed E-state index contributed by atoms with van der Waals surface area (Å²) in [4.78, 5) is 13.4. The van der Waals surface area contributed by atoms with Crippen LogP contribution in [0.2, 0.25) is 0 Å². The molecule has 0 aromatic carbocycles. The molecule has 3 heteroatoms. The fourth-order valence-electron chi connectivity index (χ4n) is 2.07. The van der Waals surface area contributed by atoms with Crippen molar-refractivity contribution in [1.82, 2.24) is 4.90 Å². The molecule has 0 radical (unpaired) electrons. The Hall–Kier alpha value is -0.570. The minimum Gasteiger partial charge on any atom is -0.384 e. The lowest BCUT2D eigenvalue weighted by atomic mass is 9.97. The van der Waals surface area contributed by atoms with Crippen LogP contribution in [0, 0.1) is 0 Å². The second-order valence-corrected chi connectivity index (χ2v) is 4.05. The highest BCUT2D eigenvalue weighted by molar-refractivity contribution is 5.80. The number of carbonyl (C=O) groups excluding carboxylic acids is 1. The second-order valence-electron chi connectivity index (χ2n) is 4.05. The lowest BCUT2D eigenvalue weighted by molar-refractivity contribution is -0.145. The van der Waals surface area contributed by atoms with Gasteiger partial charge in [-0.25, -0.2) is 0 Å². The molecule has 0 aromatic rings. The van der Waals surface area contributed by atoms with Crippen molar-refractivity contribution in [3.05, 3.63) is 0 Å². The fraction of sp³-hybridized carbons (Fsp3) is 0.900. The summed E-state index contributed by atoms with van der Waals surface area (Å²) in [6, 6.07) is 0.566. The van der Waals surface area contributed by atoms with Crippen LogP contribution in [0.25, 0.3) is 0 Å². The van der Waals surface area contributed by atoms with Crippen LogP contribution >= 0.6 is 0 Å². The van der Waals surface area contributed by atoms with E-state index < -0.39 is 6.10 Å². The monoisotopic (exact) mass is 185 g/mol. The van der Waals surface area contributed by atoms with Crippen molar-refractivity contribution in [1.29, 1.82) is 0 Å². The molecule has 0 spiro atoms. The summed E-state index contributed by atoms with van der Waals surface area (Å²) >= 11 is 0. The zero-order valence-electron chi connectivity index (χ0n) is 8.66. The van der Waals surface area contributed by atoms with Gasteiger partial charge in [-0.2, -0.15) is 0 Å². The number of hydrogen-bond acceptors (Lipinski definition) is 2. The number of amides is 1. The number of aliphatic hydroxyl groups is 1. The van der Waals surface area contributed by atoms with Crippen LogP contribution in [0.5, 0.6) is 0 Å². The lowest BCUT2D eigenvalue weighted by Gasteiger charge is -2.39. The summed E-state index contributed by atoms with van der Waals surface area (Å²) in [6.07, 6.45) is 2.44. The quantitative estimate of drug-likeness (QED) is 0.666. The molecule has 1 saturated heterocycles. The highest BCUT2D eigenvalue weighted by Gasteiger charge is 2.30. The third kappa shape index (κ3) is 2.21. The molecule has 1 N–H and O–H groups in total. The average molecular weight is 185 g/mol. The number of nitrogens with zero attached hydrogens (tertiary/aromatic N) is 1. The SMILES string of the molecule is C[C@H](O)C(=O)N1[C@H](C)CCC[C@H]1C. The molecule has 1 heterocycles. The van der Waals surface area contributed by atoms with Crippen LogP contribution in [0.4, 0.5) is 0 Å². The normalized spacial score (nSPS) is 31.5. The van der Waals surface area contributed by atoms with E-state index >= 15 is 0 Å². The summed E-state index contributed by atoms with van der Waals surface area (Å²) in [7, 11) is 0. The molecule has 76 valence electrons. The van der Waals surface area contributed by atoms with Crippen molar-refractivity contribution in [2.45, 2.75) is 58.2 Å². The first-order chi connectivity index (χ1) is 6.04. The largest absolute Gasteiger partial charge is 0.384 e. The minimum absolute atomic E-state index is 0.125. The topological polar surface area (TPSA) is 40.5 Å². The molecule has 1 rings (SSSR count). The standard InChI is InChI=1S/C10H19NO2/c1-7-5-4-6-8(2)11(7)10(13)9(3)12/h7-9,12H,4-6H2,1-3H3/t7-,8-,9+/m1/s1. The molecular formula is C10H19NO2. The Bertz CT molecular complexity index is 181. The van der Waals surface area contributed by atoms with Gasteiger partial charge in [-0.1, -0.05) is 0 Å². The van der Waals surface area contributed by atoms with Crippen molar-refractivity contribution >= 4 is 5.91 Å². The fourth-order valence-corrected chi connectivity index (χ4v) is 2.07. The maximum atomic E-state index is 11.6. The summed E-state index contributed by atoms with van der Waals surface area (Å²) in [5, 5.41) is 9.22. The van der Waals surface area contributed by atoms with Gasteiger partial charge in [0, 0.05) is 12.1 Å². The molecule has 0 unspecified atom stereocenters. The molecule has 0 aliphatic carbocycles. The van der Waals surface area contributed by atoms with Gasteiger partial charge in [-0.3, -0.25) is 4.79 Å². The van der Waals surface area contributed by atoms with Crippen molar-refractivity contribution in [3.8, 4) is 0 Å². The van der Waals surface area contributed by atoms with Crippen LogP contribution in [0.3, 0.4) is 0 Å². The Morgan fingerprint density at radius 3 is 2.23 bits per heavy atom. The molecule has 13 heavy (non-hydrogen) atoms. The van der Waals surface area contributed by atoms with Crippen LogP contribution < -0.4 is 0 Å². The van der Waals surface area contributed by atoms with Gasteiger partial charge >= 0.3 is 0 Å². The van der Waals surface area contributed by atoms with Gasteiger partial charge in [-0.15, -0.1) is 0 Å². The predicted molar refractivity (Wildman–Crippen MR) is 51.3 cm³/mol. The van der Waals surface area contributed by atoms with E-state index in [4.69, 9.17) is 0 Å². The van der Waals surface area contributed by atoms with Gasteiger partial charge in [0.25, 0.3) is 5.91 Å². The van der Waals surface area contributed by atoms with E-state index in [1.165, 1.54) is 13.3 Å². The van der Waals surface area contributed by atoms with Crippen molar-refractivity contribution in [2.75, 3.05) is 0 Å². The van der Waals surface area contributed by atoms with Gasteiger partial charge in [0.1, 0.15) is 6.10 Å². The van der Waals surface area contributed by atoms with Gasteiger partial charge in [-0.05, 0) is 40.0 Å². The first kappa shape index (κ1) is 10.5. The Labute approximate surface area is 79.7 Å². The zero-order chi connectivity index (χ0) is 10.0. The maximum Gasteiger partial charge on any atom is 0.251 e. The molecule has 0 saturated carbocycles. The molecule has 1 amide bonds. The van der Waals surface area contributed by atoms with E-state index in [0.717, 1.165) is 12.8 Å². The predicted octanol–water partition coefficient (Wildman–Crippen LogP) is 1.16. The Kier molecular flexibility index (Phi) is 3.31. The van der Waals surface area contributed by atoms with Crippen LogP contribution in [0.1, 0.15) is 40.0 Å². The number of piperidine rings is 1. The molecule has 0 bridgehead atoms. The van der Waals surface area contributed by atoms with E-state index in [9.17, 15) is 9.90 Å². The van der Waals surface area contributed by atoms with Gasteiger partial charge < -0.3 is 10.0 Å². The first-order valence-corrected chi connectivity index (χ1v) is 5.04. The third-order valence-corrected chi connectivity index (χ3v) is 2.81. The number of rotatable bonds is 1. The Morgan fingerprint density at radius 2 is 1.85 bits per heavy atom. The van der Waals surface area contributed by atoms with Gasteiger partial charge in [0.05, 0.1) is 0 Å². The summed E-state index contributed by atoms with van der Waals surface area (Å²) in [6.45, 7) is 5.64. The number of likely N-dealkylation sites (tertiary alicyclic amines) is 1. The maximum absolute atomic E-state index is 11.6. The Morgan fingerprint density at radius 1 is 1.38 bits per heavy atom. The van der Waals surface area contributed by atoms with Crippen molar-refractivity contribution in [2.24, 2.45) is 0 Å². The molecule has 0 aromatic heterocycles. The Balaban J connectivity index is 2.68. The van der Waals surface area contributed by atoms with Crippen LogP contribution in [-0.4, -0.2) is 34.1 Å². The molecular weight excluding hydrogens is 166 g/mol. The van der Waals surface area contributed by atoms with E-state index in [1.807, 2.05) is 4.90 Å². The molecule has 1 aliphatic heterocycles. The molecule has 1 fully saturated rings. The average Bonchev–Trinajstić information content (AvgIpc) is 2.03. The first-order valence-electron chi connectivity index (χ1n) is 5.04. The smallest absolute Gasteiger partial charge is 0.251 e. The van der Waals surface area contributed by atoms with E-state index in [0.29, 0.717) is 0 Å². The van der Waals surface area contributed by atoms with Gasteiger partial charge in [0.15, 0.2) is 0 Å².